The van der Waals surface area contributed by atoms with E-state index < -0.39 is 11.7 Å². The summed E-state index contributed by atoms with van der Waals surface area (Å²) in [5.74, 6) is 0. The van der Waals surface area contributed by atoms with Crippen molar-refractivity contribution in [2.45, 2.75) is 13.1 Å². The van der Waals surface area contributed by atoms with Gasteiger partial charge in [-0.3, -0.25) is 0 Å². The van der Waals surface area contributed by atoms with E-state index in [1.165, 1.54) is 12.1 Å². The van der Waals surface area contributed by atoms with Gasteiger partial charge in [0.05, 0.1) is 5.56 Å². The van der Waals surface area contributed by atoms with Crippen LogP contribution in [0.3, 0.4) is 0 Å². The molecular weight excluding hydrogens is 267 g/mol. The van der Waals surface area contributed by atoms with E-state index in [1.54, 1.807) is 6.07 Å². The molecule has 102 valence electrons. The van der Waals surface area contributed by atoms with Crippen molar-refractivity contribution in [3.63, 3.8) is 0 Å². The van der Waals surface area contributed by atoms with Gasteiger partial charge in [0, 0.05) is 10.9 Å². The van der Waals surface area contributed by atoms with Crippen LogP contribution >= 0.6 is 0 Å². The van der Waals surface area contributed by atoms with E-state index in [9.17, 15) is 13.2 Å². The summed E-state index contributed by atoms with van der Waals surface area (Å²) in [5.41, 5.74) is 2.13. The Morgan fingerprint density at radius 2 is 1.70 bits per heavy atom. The lowest BCUT2D eigenvalue weighted by Crippen LogP contribution is -2.03. The van der Waals surface area contributed by atoms with Crippen molar-refractivity contribution in [1.29, 1.82) is 0 Å². The minimum atomic E-state index is -4.33. The highest BCUT2D eigenvalue weighted by atomic mass is 19.4. The van der Waals surface area contributed by atoms with E-state index in [4.69, 9.17) is 4.52 Å². The van der Waals surface area contributed by atoms with Crippen molar-refractivity contribution in [1.82, 2.24) is 5.16 Å². The molecule has 2 aromatic carbocycles. The molecule has 5 heteroatoms. The monoisotopic (exact) mass is 277 g/mol. The summed E-state index contributed by atoms with van der Waals surface area (Å²) in [6.07, 6.45) is -4.33. The van der Waals surface area contributed by atoms with Gasteiger partial charge in [-0.05, 0) is 31.2 Å². The van der Waals surface area contributed by atoms with Gasteiger partial charge in [-0.25, -0.2) is 0 Å². The van der Waals surface area contributed by atoms with Gasteiger partial charge in [0.15, 0.2) is 5.58 Å². The highest BCUT2D eigenvalue weighted by molar-refractivity contribution is 5.91. The molecule has 2 nitrogen and oxygen atoms in total. The second kappa shape index (κ2) is 4.37. The number of hydrogen-bond acceptors (Lipinski definition) is 2. The van der Waals surface area contributed by atoms with Crippen LogP contribution in [-0.2, 0) is 6.18 Å². The fraction of sp³-hybridized carbons (Fsp3) is 0.133. The second-order valence-electron chi connectivity index (χ2n) is 4.61. The van der Waals surface area contributed by atoms with E-state index >= 15 is 0 Å². The summed E-state index contributed by atoms with van der Waals surface area (Å²) in [4.78, 5) is 0. The molecule has 3 aromatic rings. The summed E-state index contributed by atoms with van der Waals surface area (Å²) in [7, 11) is 0. The Balaban J connectivity index is 2.09. The number of halogens is 3. The summed E-state index contributed by atoms with van der Waals surface area (Å²) < 4.78 is 42.8. The lowest BCUT2D eigenvalue weighted by atomic mass is 10.0. The normalized spacial score (nSPS) is 12.0. The number of nitrogens with zero attached hydrogens (tertiary/aromatic N) is 1. The van der Waals surface area contributed by atoms with Gasteiger partial charge in [0.2, 0.25) is 0 Å². The predicted molar refractivity (Wildman–Crippen MR) is 69.2 cm³/mol. The highest BCUT2D eigenvalue weighted by Crippen LogP contribution is 2.33. The third-order valence-corrected chi connectivity index (χ3v) is 3.11. The lowest BCUT2D eigenvalue weighted by Gasteiger charge is -2.06. The zero-order valence-electron chi connectivity index (χ0n) is 10.5. The van der Waals surface area contributed by atoms with Gasteiger partial charge in [-0.1, -0.05) is 28.9 Å². The molecule has 0 saturated heterocycles. The first kappa shape index (κ1) is 12.7. The molecule has 0 aliphatic carbocycles. The van der Waals surface area contributed by atoms with E-state index in [0.717, 1.165) is 23.1 Å². The molecule has 20 heavy (non-hydrogen) atoms. The Bertz CT molecular complexity index is 757. The van der Waals surface area contributed by atoms with Crippen LogP contribution in [0.4, 0.5) is 13.2 Å². The summed E-state index contributed by atoms with van der Waals surface area (Å²) in [6.45, 7) is 1.93. The second-order valence-corrected chi connectivity index (χ2v) is 4.61. The maximum atomic E-state index is 12.5. The van der Waals surface area contributed by atoms with Crippen LogP contribution in [0.1, 0.15) is 11.1 Å². The molecule has 0 bridgehead atoms. The van der Waals surface area contributed by atoms with Crippen molar-refractivity contribution >= 4 is 11.0 Å². The number of hydrogen-bond donors (Lipinski definition) is 0. The Morgan fingerprint density at radius 1 is 1.00 bits per heavy atom. The van der Waals surface area contributed by atoms with Crippen molar-refractivity contribution < 1.29 is 17.7 Å². The number of fused-ring (bicyclic) bond motifs is 1. The smallest absolute Gasteiger partial charge is 0.356 e. The number of benzene rings is 2. The van der Waals surface area contributed by atoms with Crippen LogP contribution in [0.15, 0.2) is 47.0 Å². The van der Waals surface area contributed by atoms with E-state index in [0.29, 0.717) is 16.8 Å². The van der Waals surface area contributed by atoms with Crippen molar-refractivity contribution in [2.24, 2.45) is 0 Å². The Kier molecular flexibility index (Phi) is 2.78. The minimum absolute atomic E-state index is 0.553. The van der Waals surface area contributed by atoms with Crippen LogP contribution in [0.5, 0.6) is 0 Å². The van der Waals surface area contributed by atoms with Gasteiger partial charge in [0.25, 0.3) is 0 Å². The molecule has 1 heterocycles. The van der Waals surface area contributed by atoms with Crippen molar-refractivity contribution in [3.8, 4) is 11.3 Å². The summed E-state index contributed by atoms with van der Waals surface area (Å²) in [5, 5.41) is 4.74. The summed E-state index contributed by atoms with van der Waals surface area (Å²) >= 11 is 0. The third-order valence-electron chi connectivity index (χ3n) is 3.11. The van der Waals surface area contributed by atoms with Crippen LogP contribution in [0.25, 0.3) is 22.2 Å². The maximum absolute atomic E-state index is 12.5. The van der Waals surface area contributed by atoms with E-state index in [2.05, 4.69) is 5.16 Å². The quantitative estimate of drug-likeness (QED) is 0.637. The molecule has 0 radical (unpaired) electrons. The topological polar surface area (TPSA) is 26.0 Å². The Labute approximate surface area is 112 Å². The fourth-order valence-electron chi connectivity index (χ4n) is 2.08. The number of aryl methyl sites for hydroxylation is 1. The maximum Gasteiger partial charge on any atom is 0.416 e. The van der Waals surface area contributed by atoms with E-state index in [1.807, 2.05) is 19.1 Å². The largest absolute Gasteiger partial charge is 0.416 e. The molecule has 0 aliphatic heterocycles. The SMILES string of the molecule is Cc1ccc2onc(-c3ccc(C(F)(F)F)cc3)c2c1. The number of rotatable bonds is 1. The minimum Gasteiger partial charge on any atom is -0.356 e. The zero-order valence-corrected chi connectivity index (χ0v) is 10.5. The molecular formula is C15H10F3NO. The van der Waals surface area contributed by atoms with Crippen LogP contribution in [0, 0.1) is 6.92 Å². The third kappa shape index (κ3) is 2.15. The van der Waals surface area contributed by atoms with Gasteiger partial charge in [-0.2, -0.15) is 13.2 Å². The van der Waals surface area contributed by atoms with Gasteiger partial charge in [0.1, 0.15) is 5.69 Å². The van der Waals surface area contributed by atoms with Crippen LogP contribution in [-0.4, -0.2) is 5.16 Å². The standard InChI is InChI=1S/C15H10F3NO/c1-9-2-7-13-12(8-9)14(19-20-13)10-3-5-11(6-4-10)15(16,17)18/h2-8H,1H3. The molecule has 0 N–H and O–H groups in total. The first-order valence-corrected chi connectivity index (χ1v) is 5.99. The highest BCUT2D eigenvalue weighted by Gasteiger charge is 2.30. The van der Waals surface area contributed by atoms with Gasteiger partial charge in [-0.15, -0.1) is 0 Å². The molecule has 0 amide bonds. The fourth-order valence-corrected chi connectivity index (χ4v) is 2.08. The van der Waals surface area contributed by atoms with E-state index in [-0.39, 0.29) is 0 Å². The Hall–Kier alpha value is -2.30. The first-order chi connectivity index (χ1) is 9.45. The molecule has 0 unspecified atom stereocenters. The van der Waals surface area contributed by atoms with Gasteiger partial charge >= 0.3 is 6.18 Å². The summed E-state index contributed by atoms with van der Waals surface area (Å²) in [6, 6.07) is 10.5. The number of alkyl halides is 3. The zero-order chi connectivity index (χ0) is 14.3. The average molecular weight is 277 g/mol. The van der Waals surface area contributed by atoms with Crippen LogP contribution in [0.2, 0.25) is 0 Å². The van der Waals surface area contributed by atoms with Gasteiger partial charge < -0.3 is 4.52 Å². The van der Waals surface area contributed by atoms with Crippen molar-refractivity contribution in [2.75, 3.05) is 0 Å². The Morgan fingerprint density at radius 3 is 2.35 bits per heavy atom. The molecule has 3 rings (SSSR count). The average Bonchev–Trinajstić information content (AvgIpc) is 2.81. The molecule has 0 atom stereocenters. The molecule has 0 saturated carbocycles. The lowest BCUT2D eigenvalue weighted by molar-refractivity contribution is -0.137. The molecule has 1 aromatic heterocycles. The van der Waals surface area contributed by atoms with Crippen LogP contribution < -0.4 is 0 Å². The van der Waals surface area contributed by atoms with Crippen molar-refractivity contribution in [3.05, 3.63) is 53.6 Å². The predicted octanol–water partition coefficient (Wildman–Crippen LogP) is 4.82. The molecule has 0 spiro atoms. The number of aromatic nitrogens is 1. The molecule has 0 aliphatic rings. The first-order valence-electron chi connectivity index (χ1n) is 5.99. The molecule has 0 fully saturated rings.